The number of hydrogen-bond acceptors (Lipinski definition) is 2. The van der Waals surface area contributed by atoms with Crippen LogP contribution >= 0.6 is 15.9 Å². The molecule has 1 fully saturated rings. The molecule has 5 heteroatoms. The minimum absolute atomic E-state index is 0.323. The van der Waals surface area contributed by atoms with Crippen LogP contribution in [-0.2, 0) is 10.0 Å². The smallest absolute Gasteiger partial charge is 0.211 e. The van der Waals surface area contributed by atoms with E-state index in [0.717, 1.165) is 24.3 Å². The normalized spacial score (nSPS) is 16.7. The SMILES string of the molecule is Cc1ccc(S(=O)(=O)NCCCC2CCCC2)c(Br)c1. The van der Waals surface area contributed by atoms with Gasteiger partial charge in [-0.25, -0.2) is 13.1 Å². The molecule has 0 spiro atoms. The van der Waals surface area contributed by atoms with E-state index < -0.39 is 10.0 Å². The molecule has 3 nitrogen and oxygen atoms in total. The molecule has 0 radical (unpaired) electrons. The van der Waals surface area contributed by atoms with Crippen molar-refractivity contribution >= 4 is 26.0 Å². The number of hydrogen-bond donors (Lipinski definition) is 1. The van der Waals surface area contributed by atoms with Crippen molar-refractivity contribution in [3.05, 3.63) is 28.2 Å². The third-order valence-electron chi connectivity index (χ3n) is 3.93. The number of halogens is 1. The van der Waals surface area contributed by atoms with Crippen LogP contribution in [0.25, 0.3) is 0 Å². The Morgan fingerprint density at radius 1 is 1.30 bits per heavy atom. The van der Waals surface area contributed by atoms with Gasteiger partial charge in [0.2, 0.25) is 10.0 Å². The lowest BCUT2D eigenvalue weighted by molar-refractivity contribution is 0.480. The van der Waals surface area contributed by atoms with Gasteiger partial charge in [-0.1, -0.05) is 31.7 Å². The highest BCUT2D eigenvalue weighted by Gasteiger charge is 2.18. The van der Waals surface area contributed by atoms with Crippen LogP contribution < -0.4 is 4.72 Å². The Kier molecular flexibility index (Phi) is 5.64. The fourth-order valence-corrected chi connectivity index (χ4v) is 5.06. The maximum absolute atomic E-state index is 12.2. The Balaban J connectivity index is 1.87. The van der Waals surface area contributed by atoms with Gasteiger partial charge in [-0.2, -0.15) is 0 Å². The quantitative estimate of drug-likeness (QED) is 0.780. The van der Waals surface area contributed by atoms with Gasteiger partial charge in [0.05, 0.1) is 4.90 Å². The lowest BCUT2D eigenvalue weighted by atomic mass is 10.0. The first-order valence-corrected chi connectivity index (χ1v) is 9.52. The van der Waals surface area contributed by atoms with Gasteiger partial charge in [0.25, 0.3) is 0 Å². The first kappa shape index (κ1) is 16.0. The Bertz CT molecular complexity index is 551. The van der Waals surface area contributed by atoms with Crippen molar-refractivity contribution in [2.75, 3.05) is 6.54 Å². The Hall–Kier alpha value is -0.390. The molecule has 0 saturated heterocycles. The van der Waals surface area contributed by atoms with Crippen LogP contribution in [0, 0.1) is 12.8 Å². The third kappa shape index (κ3) is 4.30. The van der Waals surface area contributed by atoms with Crippen LogP contribution in [-0.4, -0.2) is 15.0 Å². The monoisotopic (exact) mass is 359 g/mol. The van der Waals surface area contributed by atoms with E-state index in [1.807, 2.05) is 19.1 Å². The van der Waals surface area contributed by atoms with Crippen molar-refractivity contribution in [1.82, 2.24) is 4.72 Å². The molecule has 0 aromatic heterocycles. The predicted molar refractivity (Wildman–Crippen MR) is 85.3 cm³/mol. The molecular weight excluding hydrogens is 338 g/mol. The highest BCUT2D eigenvalue weighted by Crippen LogP contribution is 2.28. The molecule has 2 rings (SSSR count). The summed E-state index contributed by atoms with van der Waals surface area (Å²) >= 11 is 3.33. The minimum Gasteiger partial charge on any atom is -0.211 e. The molecule has 112 valence electrons. The first-order chi connectivity index (χ1) is 9.49. The van der Waals surface area contributed by atoms with Crippen molar-refractivity contribution in [1.29, 1.82) is 0 Å². The summed E-state index contributed by atoms with van der Waals surface area (Å²) in [6.45, 7) is 2.47. The Morgan fingerprint density at radius 2 is 2.00 bits per heavy atom. The summed E-state index contributed by atoms with van der Waals surface area (Å²) in [7, 11) is -3.40. The molecule has 1 N–H and O–H groups in total. The van der Waals surface area contributed by atoms with E-state index in [9.17, 15) is 8.42 Å². The summed E-state index contributed by atoms with van der Waals surface area (Å²) in [6, 6.07) is 5.30. The summed E-state index contributed by atoms with van der Waals surface area (Å²) in [6.07, 6.45) is 7.37. The maximum atomic E-state index is 12.2. The zero-order valence-electron chi connectivity index (χ0n) is 11.9. The second-order valence-corrected chi connectivity index (χ2v) is 8.21. The number of rotatable bonds is 6. The van der Waals surface area contributed by atoms with E-state index in [-0.39, 0.29) is 0 Å². The molecule has 1 saturated carbocycles. The second kappa shape index (κ2) is 7.05. The molecule has 0 aliphatic heterocycles. The molecule has 0 bridgehead atoms. The second-order valence-electron chi connectivity index (χ2n) is 5.62. The van der Waals surface area contributed by atoms with Gasteiger partial charge in [0, 0.05) is 11.0 Å². The van der Waals surface area contributed by atoms with Crippen molar-refractivity contribution in [3.8, 4) is 0 Å². The van der Waals surface area contributed by atoms with Gasteiger partial charge in [-0.15, -0.1) is 0 Å². The molecular formula is C15H22BrNO2S. The topological polar surface area (TPSA) is 46.2 Å². The van der Waals surface area contributed by atoms with Crippen molar-refractivity contribution < 1.29 is 8.42 Å². The zero-order chi connectivity index (χ0) is 14.6. The standard InChI is InChI=1S/C15H22BrNO2S/c1-12-8-9-15(14(16)11-12)20(18,19)17-10-4-7-13-5-2-3-6-13/h8-9,11,13,17H,2-7,10H2,1H3. The van der Waals surface area contributed by atoms with Gasteiger partial charge < -0.3 is 0 Å². The molecule has 1 aliphatic rings. The Morgan fingerprint density at radius 3 is 2.65 bits per heavy atom. The van der Waals surface area contributed by atoms with Gasteiger partial charge in [0.15, 0.2) is 0 Å². The number of sulfonamides is 1. The summed E-state index contributed by atoms with van der Waals surface area (Å²) in [4.78, 5) is 0.323. The molecule has 20 heavy (non-hydrogen) atoms. The molecule has 1 aromatic rings. The minimum atomic E-state index is -3.40. The lowest BCUT2D eigenvalue weighted by Gasteiger charge is -2.11. The van der Waals surface area contributed by atoms with E-state index in [1.54, 1.807) is 6.07 Å². The molecule has 1 aliphatic carbocycles. The molecule has 1 aromatic carbocycles. The van der Waals surface area contributed by atoms with E-state index in [4.69, 9.17) is 0 Å². The number of benzene rings is 1. The van der Waals surface area contributed by atoms with E-state index in [2.05, 4.69) is 20.7 Å². The maximum Gasteiger partial charge on any atom is 0.241 e. The van der Waals surface area contributed by atoms with Crippen LogP contribution in [0.3, 0.4) is 0 Å². The van der Waals surface area contributed by atoms with Crippen LogP contribution in [0.2, 0.25) is 0 Å². The molecule has 0 heterocycles. The summed E-state index contributed by atoms with van der Waals surface area (Å²) in [5.41, 5.74) is 1.04. The fraction of sp³-hybridized carbons (Fsp3) is 0.600. The fourth-order valence-electron chi connectivity index (χ4n) is 2.80. The first-order valence-electron chi connectivity index (χ1n) is 7.25. The van der Waals surface area contributed by atoms with Gasteiger partial charge >= 0.3 is 0 Å². The van der Waals surface area contributed by atoms with Gasteiger partial charge in [-0.05, 0) is 59.3 Å². The van der Waals surface area contributed by atoms with E-state index in [0.29, 0.717) is 15.9 Å². The van der Waals surface area contributed by atoms with Crippen LogP contribution in [0.1, 0.15) is 44.1 Å². The molecule has 0 amide bonds. The van der Waals surface area contributed by atoms with E-state index >= 15 is 0 Å². The summed E-state index contributed by atoms with van der Waals surface area (Å²) < 4.78 is 27.8. The third-order valence-corrected chi connectivity index (χ3v) is 6.37. The average molecular weight is 360 g/mol. The zero-order valence-corrected chi connectivity index (χ0v) is 14.3. The highest BCUT2D eigenvalue weighted by atomic mass is 79.9. The summed E-state index contributed by atoms with van der Waals surface area (Å²) in [5, 5.41) is 0. The van der Waals surface area contributed by atoms with E-state index in [1.165, 1.54) is 25.7 Å². The van der Waals surface area contributed by atoms with Gasteiger partial charge in [-0.3, -0.25) is 0 Å². The highest BCUT2D eigenvalue weighted by molar-refractivity contribution is 9.10. The number of nitrogens with one attached hydrogen (secondary N) is 1. The predicted octanol–water partition coefficient (Wildman–Crippen LogP) is 4.01. The van der Waals surface area contributed by atoms with Crippen molar-refractivity contribution in [2.45, 2.75) is 50.3 Å². The summed E-state index contributed by atoms with van der Waals surface area (Å²) in [5.74, 6) is 0.811. The molecule has 0 unspecified atom stereocenters. The van der Waals surface area contributed by atoms with Crippen molar-refractivity contribution in [3.63, 3.8) is 0 Å². The van der Waals surface area contributed by atoms with Crippen LogP contribution in [0.15, 0.2) is 27.6 Å². The average Bonchev–Trinajstić information content (AvgIpc) is 2.87. The Labute approximate surface area is 130 Å². The largest absolute Gasteiger partial charge is 0.241 e. The van der Waals surface area contributed by atoms with Crippen LogP contribution in [0.4, 0.5) is 0 Å². The number of aryl methyl sites for hydroxylation is 1. The van der Waals surface area contributed by atoms with Gasteiger partial charge in [0.1, 0.15) is 0 Å². The van der Waals surface area contributed by atoms with Crippen LogP contribution in [0.5, 0.6) is 0 Å². The lowest BCUT2D eigenvalue weighted by Crippen LogP contribution is -2.25. The molecule has 0 atom stereocenters. The van der Waals surface area contributed by atoms with Crippen molar-refractivity contribution in [2.24, 2.45) is 5.92 Å².